The van der Waals surface area contributed by atoms with Gasteiger partial charge < -0.3 is 4.74 Å². The molecule has 0 spiro atoms. The number of hydrogen-bond donors (Lipinski definition) is 0. The largest absolute Gasteiger partial charge is 0.384 e. The summed E-state index contributed by atoms with van der Waals surface area (Å²) in [7, 11) is -1.62. The van der Waals surface area contributed by atoms with Crippen molar-refractivity contribution in [2.45, 2.75) is 18.9 Å². The second-order valence-corrected chi connectivity index (χ2v) is 4.82. The minimum Gasteiger partial charge on any atom is -0.384 e. The fourth-order valence-electron chi connectivity index (χ4n) is 1.37. The van der Waals surface area contributed by atoms with Crippen molar-refractivity contribution in [3.05, 3.63) is 0 Å². The van der Waals surface area contributed by atoms with Gasteiger partial charge in [-0.3, -0.25) is 4.18 Å². The van der Waals surface area contributed by atoms with Crippen LogP contribution in [0.1, 0.15) is 12.8 Å². The molecule has 0 N–H and O–H groups in total. The van der Waals surface area contributed by atoms with E-state index in [9.17, 15) is 8.42 Å². The molecule has 0 saturated heterocycles. The van der Waals surface area contributed by atoms with Crippen molar-refractivity contribution < 1.29 is 17.3 Å². The Labute approximate surface area is 73.0 Å². The van der Waals surface area contributed by atoms with Gasteiger partial charge in [0.05, 0.1) is 12.4 Å². The highest BCUT2D eigenvalue weighted by Gasteiger charge is 2.32. The third-order valence-corrected chi connectivity index (χ3v) is 2.53. The molecule has 0 amide bonds. The standard InChI is InChI=1S/C7H14O4S/c1-10-5-6-3-7(4-6)11-12(2,8)9/h6-7H,3-5H2,1-2H3. The summed E-state index contributed by atoms with van der Waals surface area (Å²) in [5.74, 6) is 0.474. The van der Waals surface area contributed by atoms with Crippen LogP contribution in [0.25, 0.3) is 0 Å². The number of ether oxygens (including phenoxy) is 1. The van der Waals surface area contributed by atoms with Crippen LogP contribution in [0.3, 0.4) is 0 Å². The van der Waals surface area contributed by atoms with E-state index in [1.807, 2.05) is 0 Å². The topological polar surface area (TPSA) is 52.6 Å². The summed E-state index contributed by atoms with van der Waals surface area (Å²) in [6.45, 7) is 0.698. The maximum atomic E-state index is 10.6. The highest BCUT2D eigenvalue weighted by Crippen LogP contribution is 2.30. The van der Waals surface area contributed by atoms with Gasteiger partial charge in [0.1, 0.15) is 0 Å². The molecule has 0 radical (unpaired) electrons. The van der Waals surface area contributed by atoms with E-state index in [1.54, 1.807) is 7.11 Å². The summed E-state index contributed by atoms with van der Waals surface area (Å²) in [4.78, 5) is 0. The van der Waals surface area contributed by atoms with E-state index in [0.29, 0.717) is 12.5 Å². The Morgan fingerprint density at radius 2 is 2.00 bits per heavy atom. The molecule has 0 aliphatic heterocycles. The molecule has 1 fully saturated rings. The maximum Gasteiger partial charge on any atom is 0.264 e. The molecule has 1 rings (SSSR count). The molecule has 72 valence electrons. The van der Waals surface area contributed by atoms with E-state index >= 15 is 0 Å². The van der Waals surface area contributed by atoms with Crippen LogP contribution in [0.15, 0.2) is 0 Å². The first-order valence-corrected chi connectivity index (χ1v) is 5.70. The summed E-state index contributed by atoms with van der Waals surface area (Å²) < 4.78 is 31.0. The zero-order valence-corrected chi connectivity index (χ0v) is 8.13. The molecule has 0 bridgehead atoms. The molecule has 1 aliphatic carbocycles. The Morgan fingerprint density at radius 1 is 1.42 bits per heavy atom. The van der Waals surface area contributed by atoms with E-state index < -0.39 is 10.1 Å². The summed E-state index contributed by atoms with van der Waals surface area (Å²) >= 11 is 0. The van der Waals surface area contributed by atoms with Crippen molar-refractivity contribution in [1.29, 1.82) is 0 Å². The quantitative estimate of drug-likeness (QED) is 0.607. The molecular weight excluding hydrogens is 180 g/mol. The van der Waals surface area contributed by atoms with E-state index in [2.05, 4.69) is 0 Å². The van der Waals surface area contributed by atoms with E-state index in [4.69, 9.17) is 8.92 Å². The lowest BCUT2D eigenvalue weighted by Gasteiger charge is -2.33. The first-order chi connectivity index (χ1) is 5.51. The van der Waals surface area contributed by atoms with Gasteiger partial charge in [-0.1, -0.05) is 0 Å². The molecule has 1 saturated carbocycles. The molecule has 0 unspecified atom stereocenters. The van der Waals surface area contributed by atoms with Crippen molar-refractivity contribution in [2.75, 3.05) is 20.0 Å². The smallest absolute Gasteiger partial charge is 0.264 e. The molecule has 5 heteroatoms. The maximum absolute atomic E-state index is 10.6. The third kappa shape index (κ3) is 3.08. The summed E-state index contributed by atoms with van der Waals surface area (Å²) in [6, 6.07) is 0. The Morgan fingerprint density at radius 3 is 2.42 bits per heavy atom. The lowest BCUT2D eigenvalue weighted by molar-refractivity contribution is 0.0223. The predicted molar refractivity (Wildman–Crippen MR) is 44.3 cm³/mol. The zero-order chi connectivity index (χ0) is 9.19. The second kappa shape index (κ2) is 3.72. The van der Waals surface area contributed by atoms with Gasteiger partial charge in [-0.05, 0) is 18.8 Å². The first-order valence-electron chi connectivity index (χ1n) is 3.88. The van der Waals surface area contributed by atoms with E-state index in [-0.39, 0.29) is 6.10 Å². The molecule has 0 heterocycles. The molecule has 0 aromatic heterocycles. The zero-order valence-electron chi connectivity index (χ0n) is 7.32. The van der Waals surface area contributed by atoms with Crippen molar-refractivity contribution in [1.82, 2.24) is 0 Å². The van der Waals surface area contributed by atoms with Gasteiger partial charge >= 0.3 is 0 Å². The molecule has 0 aromatic carbocycles. The molecule has 1 aliphatic rings. The summed E-state index contributed by atoms with van der Waals surface area (Å²) in [5, 5.41) is 0. The van der Waals surface area contributed by atoms with Gasteiger partial charge in [-0.15, -0.1) is 0 Å². The van der Waals surface area contributed by atoms with Crippen LogP contribution in [0.5, 0.6) is 0 Å². The van der Waals surface area contributed by atoms with E-state index in [1.165, 1.54) is 0 Å². The van der Waals surface area contributed by atoms with Crippen LogP contribution >= 0.6 is 0 Å². The number of rotatable bonds is 4. The minimum atomic E-state index is -3.26. The fraction of sp³-hybridized carbons (Fsp3) is 1.00. The molecule has 4 nitrogen and oxygen atoms in total. The van der Waals surface area contributed by atoms with Crippen LogP contribution in [-0.2, 0) is 19.0 Å². The first kappa shape index (κ1) is 9.95. The number of methoxy groups -OCH3 is 1. The van der Waals surface area contributed by atoms with Gasteiger partial charge in [0.25, 0.3) is 10.1 Å². The average molecular weight is 194 g/mol. The minimum absolute atomic E-state index is 0.111. The van der Waals surface area contributed by atoms with Crippen molar-refractivity contribution >= 4 is 10.1 Å². The Bertz CT molecular complexity index is 228. The third-order valence-electron chi connectivity index (χ3n) is 1.91. The van der Waals surface area contributed by atoms with Gasteiger partial charge in [0.2, 0.25) is 0 Å². The van der Waals surface area contributed by atoms with Gasteiger partial charge in [0.15, 0.2) is 0 Å². The molecular formula is C7H14O4S. The Balaban J connectivity index is 2.18. The van der Waals surface area contributed by atoms with Gasteiger partial charge in [-0.2, -0.15) is 8.42 Å². The Hall–Kier alpha value is -0.130. The van der Waals surface area contributed by atoms with Crippen molar-refractivity contribution in [3.8, 4) is 0 Å². The normalized spacial score (nSPS) is 29.8. The lowest BCUT2D eigenvalue weighted by atomic mass is 9.83. The van der Waals surface area contributed by atoms with Crippen molar-refractivity contribution in [2.24, 2.45) is 5.92 Å². The van der Waals surface area contributed by atoms with Crippen molar-refractivity contribution in [3.63, 3.8) is 0 Å². The van der Waals surface area contributed by atoms with Crippen LogP contribution in [0, 0.1) is 5.92 Å². The average Bonchev–Trinajstić information content (AvgIpc) is 1.80. The SMILES string of the molecule is COCC1CC(OS(C)(=O)=O)C1. The van der Waals surface area contributed by atoms with E-state index in [0.717, 1.165) is 19.1 Å². The van der Waals surface area contributed by atoms with Gasteiger partial charge in [0, 0.05) is 13.7 Å². The van der Waals surface area contributed by atoms with Crippen LogP contribution in [0.4, 0.5) is 0 Å². The summed E-state index contributed by atoms with van der Waals surface area (Å²) in [6.07, 6.45) is 2.55. The highest BCUT2D eigenvalue weighted by molar-refractivity contribution is 7.86. The predicted octanol–water partition coefficient (Wildman–Crippen LogP) is 0.388. The molecule has 0 aromatic rings. The molecule has 12 heavy (non-hydrogen) atoms. The van der Waals surface area contributed by atoms with Gasteiger partial charge in [-0.25, -0.2) is 0 Å². The Kier molecular flexibility index (Phi) is 3.09. The highest BCUT2D eigenvalue weighted by atomic mass is 32.2. The second-order valence-electron chi connectivity index (χ2n) is 3.22. The lowest BCUT2D eigenvalue weighted by Crippen LogP contribution is -2.35. The summed E-state index contributed by atoms with van der Waals surface area (Å²) in [5.41, 5.74) is 0. The number of hydrogen-bond acceptors (Lipinski definition) is 4. The van der Waals surface area contributed by atoms with Crippen LogP contribution in [-0.4, -0.2) is 34.5 Å². The van der Waals surface area contributed by atoms with Crippen LogP contribution in [0.2, 0.25) is 0 Å². The van der Waals surface area contributed by atoms with Crippen LogP contribution < -0.4 is 0 Å². The fourth-order valence-corrected chi connectivity index (χ4v) is 2.02. The molecule has 0 atom stereocenters. The monoisotopic (exact) mass is 194 g/mol.